The molecule has 4 rings (SSSR count). The molecule has 2 aromatic rings. The molecule has 1 aromatic carbocycles. The molecular formula is C22H27FN2OS. The van der Waals surface area contributed by atoms with Gasteiger partial charge in [0.15, 0.2) is 0 Å². The van der Waals surface area contributed by atoms with Crippen molar-refractivity contribution in [2.75, 3.05) is 18.0 Å². The highest BCUT2D eigenvalue weighted by atomic mass is 32.1. The van der Waals surface area contributed by atoms with Crippen LogP contribution < -0.4 is 4.90 Å². The van der Waals surface area contributed by atoms with Crippen molar-refractivity contribution in [3.63, 3.8) is 0 Å². The maximum atomic E-state index is 13.8. The zero-order valence-electron chi connectivity index (χ0n) is 16.3. The van der Waals surface area contributed by atoms with Crippen LogP contribution in [0.3, 0.4) is 0 Å². The molecule has 3 nitrogen and oxygen atoms in total. The Labute approximate surface area is 164 Å². The van der Waals surface area contributed by atoms with Crippen molar-refractivity contribution in [3.8, 4) is 0 Å². The molecule has 2 saturated heterocycles. The van der Waals surface area contributed by atoms with Crippen molar-refractivity contribution in [2.24, 2.45) is 0 Å². The van der Waals surface area contributed by atoms with Crippen LogP contribution in [-0.4, -0.2) is 35.0 Å². The Morgan fingerprint density at radius 2 is 2.07 bits per heavy atom. The lowest BCUT2D eigenvalue weighted by Crippen LogP contribution is -2.49. The van der Waals surface area contributed by atoms with Gasteiger partial charge in [-0.3, -0.25) is 4.79 Å². The number of hydrogen-bond donors (Lipinski definition) is 0. The summed E-state index contributed by atoms with van der Waals surface area (Å²) in [6, 6.07) is 11.0. The molecule has 2 aliphatic rings. The third kappa shape index (κ3) is 3.38. The Morgan fingerprint density at radius 3 is 2.78 bits per heavy atom. The summed E-state index contributed by atoms with van der Waals surface area (Å²) in [6.45, 7) is 8.09. The summed E-state index contributed by atoms with van der Waals surface area (Å²) in [6.07, 6.45) is 3.48. The number of nitrogens with zero attached hydrogens (tertiary/aromatic N) is 2. The zero-order chi connectivity index (χ0) is 19.2. The molecule has 1 unspecified atom stereocenters. The van der Waals surface area contributed by atoms with Crippen LogP contribution >= 0.6 is 11.3 Å². The number of benzene rings is 1. The molecule has 0 aliphatic carbocycles. The SMILES string of the molecule is Cc1ccc(CC(=O)N2CCCC23CN(c2cccc(F)c2)C(C)(C)C3)s1. The smallest absolute Gasteiger partial charge is 0.228 e. The second-order valence-corrected chi connectivity index (χ2v) is 9.99. The van der Waals surface area contributed by atoms with Crippen LogP contribution in [0.2, 0.25) is 0 Å². The zero-order valence-corrected chi connectivity index (χ0v) is 17.1. The van der Waals surface area contributed by atoms with E-state index in [1.165, 1.54) is 10.9 Å². The van der Waals surface area contributed by atoms with Gasteiger partial charge in [0.2, 0.25) is 5.91 Å². The molecule has 0 radical (unpaired) electrons. The van der Waals surface area contributed by atoms with Crippen LogP contribution in [0.15, 0.2) is 36.4 Å². The Morgan fingerprint density at radius 1 is 1.26 bits per heavy atom. The first-order valence-corrected chi connectivity index (χ1v) is 10.5. The van der Waals surface area contributed by atoms with Gasteiger partial charge in [0.05, 0.1) is 12.0 Å². The van der Waals surface area contributed by atoms with Gasteiger partial charge >= 0.3 is 0 Å². The van der Waals surface area contributed by atoms with E-state index in [1.54, 1.807) is 23.5 Å². The maximum absolute atomic E-state index is 13.8. The Kier molecular flexibility index (Phi) is 4.53. The van der Waals surface area contributed by atoms with Gasteiger partial charge in [-0.25, -0.2) is 4.39 Å². The predicted octanol–water partition coefficient (Wildman–Crippen LogP) is 4.79. The van der Waals surface area contributed by atoms with Gasteiger partial charge in [0.1, 0.15) is 5.82 Å². The van der Waals surface area contributed by atoms with Crippen molar-refractivity contribution in [1.29, 1.82) is 0 Å². The van der Waals surface area contributed by atoms with Crippen molar-refractivity contribution >= 4 is 22.9 Å². The van der Waals surface area contributed by atoms with Gasteiger partial charge in [0, 0.05) is 34.1 Å². The Balaban J connectivity index is 1.59. The number of aryl methyl sites for hydroxylation is 1. The van der Waals surface area contributed by atoms with E-state index in [1.807, 2.05) is 6.07 Å². The number of anilines is 1. The summed E-state index contributed by atoms with van der Waals surface area (Å²) in [4.78, 5) is 19.9. The molecule has 1 spiro atoms. The first-order chi connectivity index (χ1) is 12.8. The Hall–Kier alpha value is -1.88. The number of thiophene rings is 1. The molecule has 3 heterocycles. The van der Waals surface area contributed by atoms with E-state index < -0.39 is 0 Å². The highest BCUT2D eigenvalue weighted by molar-refractivity contribution is 7.12. The third-order valence-electron chi connectivity index (χ3n) is 6.08. The molecule has 27 heavy (non-hydrogen) atoms. The summed E-state index contributed by atoms with van der Waals surface area (Å²) in [7, 11) is 0. The summed E-state index contributed by atoms with van der Waals surface area (Å²) in [5.41, 5.74) is 0.653. The van der Waals surface area contributed by atoms with E-state index in [-0.39, 0.29) is 22.8 Å². The normalized spacial score (nSPS) is 24.1. The fraction of sp³-hybridized carbons (Fsp3) is 0.500. The molecule has 1 atom stereocenters. The molecule has 5 heteroatoms. The largest absolute Gasteiger partial charge is 0.364 e. The van der Waals surface area contributed by atoms with Crippen LogP contribution in [0.1, 0.15) is 42.9 Å². The van der Waals surface area contributed by atoms with Crippen molar-refractivity contribution < 1.29 is 9.18 Å². The number of amides is 1. The van der Waals surface area contributed by atoms with E-state index in [4.69, 9.17) is 0 Å². The average molecular weight is 387 g/mol. The molecule has 2 fully saturated rings. The van der Waals surface area contributed by atoms with Crippen LogP contribution in [0.25, 0.3) is 0 Å². The van der Waals surface area contributed by atoms with Crippen LogP contribution in [0.4, 0.5) is 10.1 Å². The van der Waals surface area contributed by atoms with Crippen LogP contribution in [0, 0.1) is 12.7 Å². The molecule has 0 bridgehead atoms. The average Bonchev–Trinajstić information content (AvgIpc) is 3.25. The lowest BCUT2D eigenvalue weighted by Gasteiger charge is -2.35. The molecule has 144 valence electrons. The first kappa shape index (κ1) is 18.5. The minimum atomic E-state index is -0.211. The fourth-order valence-corrected chi connectivity index (χ4v) is 5.93. The van der Waals surface area contributed by atoms with E-state index in [9.17, 15) is 9.18 Å². The number of carbonyl (C=O) groups excluding carboxylic acids is 1. The quantitative estimate of drug-likeness (QED) is 0.757. The van der Waals surface area contributed by atoms with Gasteiger partial charge in [-0.05, 0) is 70.4 Å². The van der Waals surface area contributed by atoms with Crippen molar-refractivity contribution in [1.82, 2.24) is 4.90 Å². The first-order valence-electron chi connectivity index (χ1n) is 9.68. The van der Waals surface area contributed by atoms with E-state index >= 15 is 0 Å². The minimum absolute atomic E-state index is 0.115. The predicted molar refractivity (Wildman–Crippen MR) is 109 cm³/mol. The lowest BCUT2D eigenvalue weighted by atomic mass is 9.87. The molecule has 2 aliphatic heterocycles. The number of carbonyl (C=O) groups is 1. The van der Waals surface area contributed by atoms with Gasteiger partial charge < -0.3 is 9.80 Å². The monoisotopic (exact) mass is 386 g/mol. The molecule has 0 saturated carbocycles. The van der Waals surface area contributed by atoms with Crippen LogP contribution in [0.5, 0.6) is 0 Å². The fourth-order valence-electron chi connectivity index (χ4n) is 5.05. The maximum Gasteiger partial charge on any atom is 0.228 e. The number of likely N-dealkylation sites (tertiary alicyclic amines) is 1. The van der Waals surface area contributed by atoms with Gasteiger partial charge in [-0.2, -0.15) is 0 Å². The summed E-state index contributed by atoms with van der Waals surface area (Å²) in [5.74, 6) is 0.0166. The van der Waals surface area contributed by atoms with Crippen molar-refractivity contribution in [2.45, 2.75) is 57.5 Å². The highest BCUT2D eigenvalue weighted by Gasteiger charge is 2.54. The van der Waals surface area contributed by atoms with Gasteiger partial charge in [-0.15, -0.1) is 11.3 Å². The summed E-state index contributed by atoms with van der Waals surface area (Å²) >= 11 is 1.71. The number of hydrogen-bond acceptors (Lipinski definition) is 3. The van der Waals surface area contributed by atoms with E-state index in [0.717, 1.165) is 42.9 Å². The third-order valence-corrected chi connectivity index (χ3v) is 7.08. The lowest BCUT2D eigenvalue weighted by molar-refractivity contribution is -0.134. The number of halogens is 1. The second kappa shape index (κ2) is 6.62. The summed E-state index contributed by atoms with van der Waals surface area (Å²) in [5, 5.41) is 0. The van der Waals surface area contributed by atoms with Crippen LogP contribution in [-0.2, 0) is 11.2 Å². The molecule has 1 amide bonds. The topological polar surface area (TPSA) is 23.6 Å². The second-order valence-electron chi connectivity index (χ2n) is 8.62. The van der Waals surface area contributed by atoms with Crippen molar-refractivity contribution in [3.05, 3.63) is 52.0 Å². The van der Waals surface area contributed by atoms with Gasteiger partial charge in [-0.1, -0.05) is 6.07 Å². The highest BCUT2D eigenvalue weighted by Crippen LogP contribution is 2.47. The Bertz CT molecular complexity index is 862. The number of rotatable bonds is 3. The standard InChI is InChI=1S/C22H27FN2OS/c1-16-8-9-19(27-16)13-20(26)24-11-5-10-22(24)14-21(2,3)25(15-22)18-7-4-6-17(23)12-18/h4,6-9,12H,5,10-11,13-15H2,1-3H3. The van der Waals surface area contributed by atoms with E-state index in [0.29, 0.717) is 6.42 Å². The molecule has 0 N–H and O–H groups in total. The van der Waals surface area contributed by atoms with E-state index in [2.05, 4.69) is 42.7 Å². The molecule has 1 aromatic heterocycles. The summed E-state index contributed by atoms with van der Waals surface area (Å²) < 4.78 is 13.8. The van der Waals surface area contributed by atoms with Gasteiger partial charge in [0.25, 0.3) is 0 Å². The molecular weight excluding hydrogens is 359 g/mol. The minimum Gasteiger partial charge on any atom is -0.364 e.